The van der Waals surface area contributed by atoms with Gasteiger partial charge in [-0.3, -0.25) is 14.5 Å². The molecule has 0 saturated heterocycles. The van der Waals surface area contributed by atoms with Crippen molar-refractivity contribution in [3.05, 3.63) is 29.8 Å². The number of anilines is 1. The Morgan fingerprint density at radius 1 is 1.14 bits per heavy atom. The fourth-order valence-corrected chi connectivity index (χ4v) is 2.00. The van der Waals surface area contributed by atoms with Crippen molar-refractivity contribution in [1.82, 2.24) is 10.2 Å². The van der Waals surface area contributed by atoms with Crippen LogP contribution >= 0.6 is 0 Å². The standard InChI is InChI=1S/C17H27N3O2/c1-6-20(7-2)12-15(21)18-14-10-8-9-13(11-14)16(22)19-17(3,4)5/h8-11H,6-7,12H2,1-5H3,(H,18,21)(H,19,22). The van der Waals surface area contributed by atoms with Gasteiger partial charge in [0.2, 0.25) is 5.91 Å². The number of likely N-dealkylation sites (N-methyl/N-ethyl adjacent to an activating group) is 1. The zero-order valence-corrected chi connectivity index (χ0v) is 14.2. The molecule has 0 aliphatic rings. The molecule has 0 bridgehead atoms. The molecular weight excluding hydrogens is 278 g/mol. The lowest BCUT2D eigenvalue weighted by Crippen LogP contribution is -2.40. The number of nitrogens with one attached hydrogen (secondary N) is 2. The molecule has 0 aliphatic carbocycles. The van der Waals surface area contributed by atoms with E-state index in [4.69, 9.17) is 0 Å². The highest BCUT2D eigenvalue weighted by Crippen LogP contribution is 2.12. The second-order valence-electron chi connectivity index (χ2n) is 6.29. The summed E-state index contributed by atoms with van der Waals surface area (Å²) in [5.41, 5.74) is 0.883. The van der Waals surface area contributed by atoms with Gasteiger partial charge in [-0.05, 0) is 52.1 Å². The van der Waals surface area contributed by atoms with Crippen LogP contribution in [0.15, 0.2) is 24.3 Å². The Kier molecular flexibility index (Phi) is 6.56. The van der Waals surface area contributed by atoms with Crippen molar-refractivity contribution < 1.29 is 9.59 Å². The topological polar surface area (TPSA) is 61.4 Å². The van der Waals surface area contributed by atoms with Gasteiger partial charge in [-0.1, -0.05) is 19.9 Å². The molecule has 2 amide bonds. The smallest absolute Gasteiger partial charge is 0.251 e. The third-order valence-electron chi connectivity index (χ3n) is 3.16. The molecular formula is C17H27N3O2. The molecule has 0 fully saturated rings. The fraction of sp³-hybridized carbons (Fsp3) is 0.529. The van der Waals surface area contributed by atoms with Gasteiger partial charge >= 0.3 is 0 Å². The van der Waals surface area contributed by atoms with Crippen LogP contribution in [0.3, 0.4) is 0 Å². The van der Waals surface area contributed by atoms with Crippen molar-refractivity contribution in [3.63, 3.8) is 0 Å². The highest BCUT2D eigenvalue weighted by Gasteiger charge is 2.15. The minimum atomic E-state index is -0.293. The van der Waals surface area contributed by atoms with Gasteiger partial charge in [-0.25, -0.2) is 0 Å². The normalized spacial score (nSPS) is 11.4. The summed E-state index contributed by atoms with van der Waals surface area (Å²) >= 11 is 0. The number of carbonyl (C=O) groups excluding carboxylic acids is 2. The third kappa shape index (κ3) is 6.26. The second-order valence-corrected chi connectivity index (χ2v) is 6.29. The maximum absolute atomic E-state index is 12.1. The molecule has 0 radical (unpaired) electrons. The third-order valence-corrected chi connectivity index (χ3v) is 3.16. The number of nitrogens with zero attached hydrogens (tertiary/aromatic N) is 1. The Labute approximate surface area is 133 Å². The molecule has 0 heterocycles. The summed E-state index contributed by atoms with van der Waals surface area (Å²) < 4.78 is 0. The van der Waals surface area contributed by atoms with Crippen LogP contribution in [-0.4, -0.2) is 41.9 Å². The van der Waals surface area contributed by atoms with Gasteiger partial charge in [0.15, 0.2) is 0 Å². The average molecular weight is 305 g/mol. The van der Waals surface area contributed by atoms with Crippen molar-refractivity contribution in [3.8, 4) is 0 Å². The Balaban J connectivity index is 2.72. The first kappa shape index (κ1) is 18.2. The molecule has 0 aliphatic heterocycles. The molecule has 1 aromatic carbocycles. The van der Waals surface area contributed by atoms with E-state index in [2.05, 4.69) is 10.6 Å². The Hall–Kier alpha value is -1.88. The number of benzene rings is 1. The summed E-state index contributed by atoms with van der Waals surface area (Å²) in [6.07, 6.45) is 0. The quantitative estimate of drug-likeness (QED) is 0.849. The number of carbonyl (C=O) groups is 2. The van der Waals surface area contributed by atoms with Crippen LogP contribution in [0.2, 0.25) is 0 Å². The first-order valence-electron chi connectivity index (χ1n) is 7.70. The first-order chi connectivity index (χ1) is 10.2. The highest BCUT2D eigenvalue weighted by molar-refractivity contribution is 5.97. The molecule has 5 nitrogen and oxygen atoms in total. The average Bonchev–Trinajstić information content (AvgIpc) is 2.43. The van der Waals surface area contributed by atoms with Crippen LogP contribution in [0.1, 0.15) is 45.0 Å². The number of hydrogen-bond acceptors (Lipinski definition) is 3. The summed E-state index contributed by atoms with van der Waals surface area (Å²) in [5.74, 6) is -0.218. The summed E-state index contributed by atoms with van der Waals surface area (Å²) in [5, 5.41) is 5.75. The van der Waals surface area contributed by atoms with Crippen LogP contribution in [0, 0.1) is 0 Å². The number of rotatable bonds is 6. The van der Waals surface area contributed by atoms with Crippen molar-refractivity contribution in [2.45, 2.75) is 40.2 Å². The summed E-state index contributed by atoms with van der Waals surface area (Å²) in [6.45, 7) is 11.9. The summed E-state index contributed by atoms with van der Waals surface area (Å²) in [6, 6.07) is 6.99. The summed E-state index contributed by atoms with van der Waals surface area (Å²) in [7, 11) is 0. The van der Waals surface area contributed by atoms with E-state index in [1.807, 2.05) is 39.5 Å². The molecule has 0 spiro atoms. The van der Waals surface area contributed by atoms with Crippen LogP contribution in [0.4, 0.5) is 5.69 Å². The molecule has 0 aromatic heterocycles. The van der Waals surface area contributed by atoms with Crippen LogP contribution in [0.25, 0.3) is 0 Å². The van der Waals surface area contributed by atoms with Crippen molar-refractivity contribution in [2.24, 2.45) is 0 Å². The Morgan fingerprint density at radius 2 is 1.77 bits per heavy atom. The lowest BCUT2D eigenvalue weighted by atomic mass is 10.1. The van der Waals surface area contributed by atoms with E-state index in [0.29, 0.717) is 17.8 Å². The maximum atomic E-state index is 12.1. The van der Waals surface area contributed by atoms with Gasteiger partial charge in [0.25, 0.3) is 5.91 Å². The van der Waals surface area contributed by atoms with E-state index >= 15 is 0 Å². The second kappa shape index (κ2) is 7.94. The lowest BCUT2D eigenvalue weighted by molar-refractivity contribution is -0.117. The van der Waals surface area contributed by atoms with Gasteiger partial charge < -0.3 is 10.6 Å². The molecule has 0 saturated carbocycles. The fourth-order valence-electron chi connectivity index (χ4n) is 2.00. The lowest BCUT2D eigenvalue weighted by Gasteiger charge is -2.21. The molecule has 1 rings (SSSR count). The van der Waals surface area contributed by atoms with Crippen LogP contribution in [-0.2, 0) is 4.79 Å². The summed E-state index contributed by atoms with van der Waals surface area (Å²) in [4.78, 5) is 26.2. The van der Waals surface area contributed by atoms with Crippen molar-refractivity contribution in [1.29, 1.82) is 0 Å². The Bertz CT molecular complexity index is 517. The zero-order chi connectivity index (χ0) is 16.8. The van der Waals surface area contributed by atoms with Gasteiger partial charge in [0.1, 0.15) is 0 Å². The van der Waals surface area contributed by atoms with E-state index in [-0.39, 0.29) is 17.4 Å². The van der Waals surface area contributed by atoms with Gasteiger partial charge in [0.05, 0.1) is 6.54 Å². The largest absolute Gasteiger partial charge is 0.347 e. The van der Waals surface area contributed by atoms with E-state index in [1.165, 1.54) is 0 Å². The monoisotopic (exact) mass is 305 g/mol. The van der Waals surface area contributed by atoms with Gasteiger partial charge in [-0.15, -0.1) is 0 Å². The van der Waals surface area contributed by atoms with E-state index in [9.17, 15) is 9.59 Å². The molecule has 1 aromatic rings. The minimum absolute atomic E-state index is 0.0721. The molecule has 0 atom stereocenters. The molecule has 122 valence electrons. The predicted octanol–water partition coefficient (Wildman–Crippen LogP) is 2.50. The Morgan fingerprint density at radius 3 is 2.32 bits per heavy atom. The first-order valence-corrected chi connectivity index (χ1v) is 7.70. The maximum Gasteiger partial charge on any atom is 0.251 e. The van der Waals surface area contributed by atoms with E-state index in [1.54, 1.807) is 24.3 Å². The van der Waals surface area contributed by atoms with Gasteiger partial charge in [0, 0.05) is 16.8 Å². The number of amides is 2. The highest BCUT2D eigenvalue weighted by atomic mass is 16.2. The molecule has 5 heteroatoms. The predicted molar refractivity (Wildman–Crippen MR) is 90.1 cm³/mol. The van der Waals surface area contributed by atoms with Crippen LogP contribution in [0.5, 0.6) is 0 Å². The number of hydrogen-bond donors (Lipinski definition) is 2. The van der Waals surface area contributed by atoms with Crippen molar-refractivity contribution >= 4 is 17.5 Å². The molecule has 22 heavy (non-hydrogen) atoms. The van der Waals surface area contributed by atoms with E-state index in [0.717, 1.165) is 13.1 Å². The van der Waals surface area contributed by atoms with Gasteiger partial charge in [-0.2, -0.15) is 0 Å². The zero-order valence-electron chi connectivity index (χ0n) is 14.2. The SMILES string of the molecule is CCN(CC)CC(=O)Nc1cccc(C(=O)NC(C)(C)C)c1. The van der Waals surface area contributed by atoms with Crippen LogP contribution < -0.4 is 10.6 Å². The molecule has 0 unspecified atom stereocenters. The van der Waals surface area contributed by atoms with Crippen molar-refractivity contribution in [2.75, 3.05) is 25.0 Å². The minimum Gasteiger partial charge on any atom is -0.347 e. The molecule has 2 N–H and O–H groups in total. The van der Waals surface area contributed by atoms with E-state index < -0.39 is 0 Å².